The summed E-state index contributed by atoms with van der Waals surface area (Å²) in [7, 11) is 0. The molecule has 6 heteroatoms. The van der Waals surface area contributed by atoms with Gasteiger partial charge in [0, 0.05) is 24.8 Å². The van der Waals surface area contributed by atoms with Crippen LogP contribution in [0.4, 0.5) is 13.2 Å². The predicted octanol–water partition coefficient (Wildman–Crippen LogP) is 7.24. The van der Waals surface area contributed by atoms with E-state index in [4.69, 9.17) is 0 Å². The zero-order valence-corrected chi connectivity index (χ0v) is 20.6. The van der Waals surface area contributed by atoms with Crippen LogP contribution in [0.3, 0.4) is 0 Å². The molecule has 1 atom stereocenters. The lowest BCUT2D eigenvalue weighted by molar-refractivity contribution is -0.138. The summed E-state index contributed by atoms with van der Waals surface area (Å²) in [5.41, 5.74) is 4.16. The van der Waals surface area contributed by atoms with Crippen LogP contribution >= 0.6 is 0 Å². The van der Waals surface area contributed by atoms with E-state index in [1.165, 1.54) is 23.3 Å². The average Bonchev–Trinajstić information content (AvgIpc) is 3.56. The fourth-order valence-electron chi connectivity index (χ4n) is 5.00. The Labute approximate surface area is 215 Å². The molecule has 0 N–H and O–H groups in total. The molecule has 0 radical (unpaired) electrons. The molecule has 0 bridgehead atoms. The van der Waals surface area contributed by atoms with Crippen LogP contribution in [-0.4, -0.2) is 27.8 Å². The third kappa shape index (κ3) is 6.31. The largest absolute Gasteiger partial charge is 0.416 e. The van der Waals surface area contributed by atoms with Crippen molar-refractivity contribution in [2.75, 3.05) is 13.1 Å². The molecule has 0 saturated carbocycles. The van der Waals surface area contributed by atoms with Gasteiger partial charge in [-0.2, -0.15) is 18.3 Å². The Balaban J connectivity index is 1.20. The number of rotatable bonds is 9. The lowest BCUT2D eigenvalue weighted by Crippen LogP contribution is -2.21. The van der Waals surface area contributed by atoms with Crippen molar-refractivity contribution in [1.82, 2.24) is 14.7 Å². The molecule has 5 rings (SSSR count). The molecule has 1 aliphatic heterocycles. The third-order valence-corrected chi connectivity index (χ3v) is 6.97. The molecule has 190 valence electrons. The Morgan fingerprint density at radius 2 is 1.57 bits per heavy atom. The van der Waals surface area contributed by atoms with Crippen molar-refractivity contribution in [2.45, 2.75) is 32.0 Å². The van der Waals surface area contributed by atoms with Gasteiger partial charge in [-0.05, 0) is 59.7 Å². The molecule has 3 aromatic carbocycles. The van der Waals surface area contributed by atoms with Crippen LogP contribution < -0.4 is 0 Å². The highest BCUT2D eigenvalue weighted by molar-refractivity contribution is 5.66. The highest BCUT2D eigenvalue weighted by atomic mass is 19.4. The van der Waals surface area contributed by atoms with Crippen LogP contribution in [0.25, 0.3) is 11.1 Å². The van der Waals surface area contributed by atoms with Crippen LogP contribution in [0.5, 0.6) is 0 Å². The van der Waals surface area contributed by atoms with Crippen molar-refractivity contribution >= 4 is 0 Å². The van der Waals surface area contributed by atoms with E-state index in [1.807, 2.05) is 18.3 Å². The molecule has 1 aromatic heterocycles. The number of alkyl halides is 3. The molecule has 3 nitrogen and oxygen atoms in total. The zero-order valence-electron chi connectivity index (χ0n) is 20.6. The van der Waals surface area contributed by atoms with Crippen LogP contribution in [0.1, 0.15) is 28.7 Å². The van der Waals surface area contributed by atoms with Gasteiger partial charge in [0.05, 0.1) is 18.3 Å². The van der Waals surface area contributed by atoms with E-state index in [-0.39, 0.29) is 12.1 Å². The Morgan fingerprint density at radius 3 is 2.38 bits per heavy atom. The lowest BCUT2D eigenvalue weighted by atomic mass is 9.99. The zero-order chi connectivity index (χ0) is 25.7. The van der Waals surface area contributed by atoms with E-state index in [0.717, 1.165) is 49.5 Å². The first-order chi connectivity index (χ1) is 18.0. The monoisotopic (exact) mass is 501 g/mol. The van der Waals surface area contributed by atoms with Crippen molar-refractivity contribution in [2.24, 2.45) is 5.92 Å². The van der Waals surface area contributed by atoms with Crippen molar-refractivity contribution in [1.29, 1.82) is 0 Å². The van der Waals surface area contributed by atoms with Gasteiger partial charge >= 0.3 is 6.18 Å². The molecule has 0 fully saturated rings. The lowest BCUT2D eigenvalue weighted by Gasteiger charge is -2.19. The summed E-state index contributed by atoms with van der Waals surface area (Å²) in [6.45, 7) is 2.02. The van der Waals surface area contributed by atoms with Crippen molar-refractivity contribution in [3.8, 4) is 11.1 Å². The average molecular weight is 502 g/mol. The van der Waals surface area contributed by atoms with E-state index in [2.05, 4.69) is 64.7 Å². The summed E-state index contributed by atoms with van der Waals surface area (Å²) in [4.78, 5) is 2.38. The maximum Gasteiger partial charge on any atom is 0.416 e. The number of halogens is 3. The first kappa shape index (κ1) is 24.9. The van der Waals surface area contributed by atoms with Crippen LogP contribution in [0, 0.1) is 5.92 Å². The van der Waals surface area contributed by atoms with Gasteiger partial charge in [-0.25, -0.2) is 0 Å². The molecule has 2 heterocycles. The van der Waals surface area contributed by atoms with E-state index >= 15 is 0 Å². The molecule has 1 unspecified atom stereocenters. The summed E-state index contributed by atoms with van der Waals surface area (Å²) in [5, 5.41) is 4.37. The third-order valence-electron chi connectivity index (χ3n) is 6.97. The second kappa shape index (κ2) is 11.1. The fraction of sp³-hybridized carbons (Fsp3) is 0.258. The van der Waals surface area contributed by atoms with Gasteiger partial charge in [0.2, 0.25) is 0 Å². The van der Waals surface area contributed by atoms with Gasteiger partial charge in [0.15, 0.2) is 0 Å². The fourth-order valence-corrected chi connectivity index (χ4v) is 5.00. The standard InChI is InChI=1S/C31H30F3N3/c32-31(33,34)30-13-7-5-11-27(30)22-37-23-28(20-35-37)29-12-6-4-10-26(29)17-19-36-18-16-25(21-36)15-14-24-8-2-1-3-9-24/h1-13,16,18,20,23,25H,14-15,17,19,21-22H2. The number of hydrogen-bond acceptors (Lipinski definition) is 2. The molecular formula is C31H30F3N3. The molecular weight excluding hydrogens is 471 g/mol. The summed E-state index contributed by atoms with van der Waals surface area (Å²) >= 11 is 0. The molecule has 0 amide bonds. The van der Waals surface area contributed by atoms with Crippen LogP contribution in [-0.2, 0) is 25.6 Å². The van der Waals surface area contributed by atoms with Crippen molar-refractivity contribution in [3.05, 3.63) is 126 Å². The van der Waals surface area contributed by atoms with E-state index < -0.39 is 11.7 Å². The molecule has 37 heavy (non-hydrogen) atoms. The van der Waals surface area contributed by atoms with Crippen LogP contribution in [0.15, 0.2) is 104 Å². The molecule has 4 aromatic rings. The number of aryl methyl sites for hydroxylation is 1. The number of nitrogens with zero attached hydrogens (tertiary/aromatic N) is 3. The van der Waals surface area contributed by atoms with Crippen LogP contribution in [0.2, 0.25) is 0 Å². The minimum atomic E-state index is -4.39. The predicted molar refractivity (Wildman–Crippen MR) is 141 cm³/mol. The SMILES string of the molecule is FC(F)(F)c1ccccc1Cn1cc(-c2ccccc2CCN2C=CC(CCc3ccccc3)C2)cn1. The first-order valence-corrected chi connectivity index (χ1v) is 12.7. The Hall–Kier alpha value is -3.80. The van der Waals surface area contributed by atoms with E-state index in [1.54, 1.807) is 16.9 Å². The Morgan fingerprint density at radius 1 is 0.838 bits per heavy atom. The second-order valence-electron chi connectivity index (χ2n) is 9.61. The summed E-state index contributed by atoms with van der Waals surface area (Å²) in [6.07, 6.45) is 6.84. The van der Waals surface area contributed by atoms with Gasteiger partial charge in [0.25, 0.3) is 0 Å². The summed E-state index contributed by atoms with van der Waals surface area (Å²) < 4.78 is 41.8. The Kier molecular flexibility index (Phi) is 7.45. The normalized spacial score (nSPS) is 15.4. The second-order valence-corrected chi connectivity index (χ2v) is 9.61. The van der Waals surface area contributed by atoms with E-state index in [9.17, 15) is 13.2 Å². The quantitative estimate of drug-likeness (QED) is 0.241. The first-order valence-electron chi connectivity index (χ1n) is 12.7. The number of benzene rings is 3. The number of hydrogen-bond donors (Lipinski definition) is 0. The summed E-state index contributed by atoms with van der Waals surface area (Å²) in [5.74, 6) is 0.563. The minimum Gasteiger partial charge on any atom is -0.377 e. The topological polar surface area (TPSA) is 21.1 Å². The van der Waals surface area contributed by atoms with Gasteiger partial charge in [-0.1, -0.05) is 78.9 Å². The molecule has 0 saturated heterocycles. The van der Waals surface area contributed by atoms with E-state index in [0.29, 0.717) is 5.92 Å². The smallest absolute Gasteiger partial charge is 0.377 e. The summed E-state index contributed by atoms with van der Waals surface area (Å²) in [6, 6.07) is 24.5. The molecule has 0 aliphatic carbocycles. The maximum absolute atomic E-state index is 13.4. The molecule has 1 aliphatic rings. The Bertz CT molecular complexity index is 1340. The van der Waals surface area contributed by atoms with Crippen molar-refractivity contribution < 1.29 is 13.2 Å². The van der Waals surface area contributed by atoms with Crippen molar-refractivity contribution in [3.63, 3.8) is 0 Å². The number of aromatic nitrogens is 2. The molecule has 0 spiro atoms. The van der Waals surface area contributed by atoms with Gasteiger partial charge in [0.1, 0.15) is 0 Å². The van der Waals surface area contributed by atoms with Gasteiger partial charge < -0.3 is 4.90 Å². The van der Waals surface area contributed by atoms with Gasteiger partial charge in [-0.3, -0.25) is 4.68 Å². The maximum atomic E-state index is 13.4. The highest BCUT2D eigenvalue weighted by Gasteiger charge is 2.32. The highest BCUT2D eigenvalue weighted by Crippen LogP contribution is 2.32. The van der Waals surface area contributed by atoms with Gasteiger partial charge in [-0.15, -0.1) is 0 Å². The minimum absolute atomic E-state index is 0.0702.